The molecule has 0 bridgehead atoms. The minimum Gasteiger partial charge on any atom is -0.370 e. The van der Waals surface area contributed by atoms with E-state index in [0.29, 0.717) is 0 Å². The minimum absolute atomic E-state index is 0.742. The van der Waals surface area contributed by atoms with Gasteiger partial charge in [0.15, 0.2) is 0 Å². The molecule has 26 heavy (non-hydrogen) atoms. The molecule has 1 saturated heterocycles. The van der Waals surface area contributed by atoms with Crippen molar-refractivity contribution in [2.24, 2.45) is 0 Å². The highest BCUT2D eigenvalue weighted by Crippen LogP contribution is 2.22. The zero-order chi connectivity index (χ0) is 18.1. The Balaban J connectivity index is 1.51. The quantitative estimate of drug-likeness (QED) is 0.705. The Kier molecular flexibility index (Phi) is 4.83. The predicted molar refractivity (Wildman–Crippen MR) is 106 cm³/mol. The van der Waals surface area contributed by atoms with Crippen LogP contribution in [0.5, 0.6) is 0 Å². The number of hydrogen-bond donors (Lipinski definition) is 0. The number of anilines is 1. The van der Waals surface area contributed by atoms with Crippen LogP contribution in [0.1, 0.15) is 23.4 Å². The van der Waals surface area contributed by atoms with Gasteiger partial charge in [-0.2, -0.15) is 0 Å². The first-order chi connectivity index (χ1) is 12.6. The molecular formula is C20H24ClN5. The third kappa shape index (κ3) is 3.41. The topological polar surface area (TPSA) is 36.7 Å². The van der Waals surface area contributed by atoms with Crippen LogP contribution in [0, 0.1) is 13.8 Å². The van der Waals surface area contributed by atoms with E-state index in [-0.39, 0.29) is 0 Å². The first kappa shape index (κ1) is 17.3. The highest BCUT2D eigenvalue weighted by atomic mass is 35.5. The zero-order valence-electron chi connectivity index (χ0n) is 15.3. The number of fused-ring (bicyclic) bond motifs is 1. The van der Waals surface area contributed by atoms with E-state index >= 15 is 0 Å². The summed E-state index contributed by atoms with van der Waals surface area (Å²) in [6.45, 7) is 9.36. The van der Waals surface area contributed by atoms with Crippen molar-refractivity contribution in [2.75, 3.05) is 31.1 Å². The van der Waals surface area contributed by atoms with Gasteiger partial charge in [-0.15, -0.1) is 0 Å². The highest BCUT2D eigenvalue weighted by molar-refractivity contribution is 6.30. The molecule has 0 atom stereocenters. The number of rotatable bonds is 3. The van der Waals surface area contributed by atoms with E-state index in [9.17, 15) is 0 Å². The van der Waals surface area contributed by atoms with Crippen molar-refractivity contribution in [3.05, 3.63) is 58.8 Å². The lowest BCUT2D eigenvalue weighted by Gasteiger charge is -2.25. The Labute approximate surface area is 159 Å². The van der Waals surface area contributed by atoms with E-state index in [1.165, 1.54) is 16.9 Å². The summed E-state index contributed by atoms with van der Waals surface area (Å²) >= 11 is 6.20. The minimum atomic E-state index is 0.742. The van der Waals surface area contributed by atoms with E-state index in [4.69, 9.17) is 11.6 Å². The average Bonchev–Trinajstić information content (AvgIpc) is 2.80. The van der Waals surface area contributed by atoms with Crippen molar-refractivity contribution in [2.45, 2.75) is 26.8 Å². The Bertz CT molecular complexity index is 920. The van der Waals surface area contributed by atoms with Crippen LogP contribution in [0.4, 0.5) is 5.69 Å². The van der Waals surface area contributed by atoms with Gasteiger partial charge >= 0.3 is 0 Å². The van der Waals surface area contributed by atoms with Crippen LogP contribution in [-0.4, -0.2) is 45.4 Å². The predicted octanol–water partition coefficient (Wildman–Crippen LogP) is 3.71. The van der Waals surface area contributed by atoms with E-state index < -0.39 is 0 Å². The first-order valence-corrected chi connectivity index (χ1v) is 9.50. The fraction of sp³-hybridized carbons (Fsp3) is 0.400. The molecule has 0 saturated carbocycles. The molecule has 1 fully saturated rings. The van der Waals surface area contributed by atoms with Crippen LogP contribution in [-0.2, 0) is 6.54 Å². The molecule has 0 spiro atoms. The second-order valence-electron chi connectivity index (χ2n) is 7.00. The van der Waals surface area contributed by atoms with E-state index in [1.54, 1.807) is 0 Å². The van der Waals surface area contributed by atoms with Crippen LogP contribution in [0.25, 0.3) is 5.65 Å². The van der Waals surface area contributed by atoms with Gasteiger partial charge in [-0.05, 0) is 44.0 Å². The molecule has 1 aliphatic heterocycles. The molecule has 0 aliphatic carbocycles. The monoisotopic (exact) mass is 369 g/mol. The van der Waals surface area contributed by atoms with Crippen LogP contribution in [0.2, 0.25) is 5.02 Å². The average molecular weight is 370 g/mol. The number of aromatic nitrogens is 3. The third-order valence-electron chi connectivity index (χ3n) is 5.17. The van der Waals surface area contributed by atoms with Gasteiger partial charge in [0.1, 0.15) is 5.65 Å². The summed E-state index contributed by atoms with van der Waals surface area (Å²) in [6, 6.07) is 6.00. The first-order valence-electron chi connectivity index (χ1n) is 9.13. The molecule has 5 nitrogen and oxygen atoms in total. The molecule has 0 aromatic carbocycles. The molecular weight excluding hydrogens is 346 g/mol. The summed E-state index contributed by atoms with van der Waals surface area (Å²) in [7, 11) is 0. The maximum atomic E-state index is 6.20. The van der Waals surface area contributed by atoms with Gasteiger partial charge in [-0.25, -0.2) is 4.98 Å². The van der Waals surface area contributed by atoms with Gasteiger partial charge in [-0.1, -0.05) is 11.6 Å². The van der Waals surface area contributed by atoms with Crippen molar-refractivity contribution >= 4 is 22.9 Å². The summed E-state index contributed by atoms with van der Waals surface area (Å²) in [4.78, 5) is 13.9. The molecule has 0 unspecified atom stereocenters. The van der Waals surface area contributed by atoms with Gasteiger partial charge in [0.2, 0.25) is 0 Å². The fourth-order valence-electron chi connectivity index (χ4n) is 3.78. The van der Waals surface area contributed by atoms with E-state index in [1.807, 2.05) is 30.7 Å². The largest absolute Gasteiger partial charge is 0.370 e. The molecule has 4 heterocycles. The lowest BCUT2D eigenvalue weighted by atomic mass is 10.2. The molecule has 6 heteroatoms. The molecule has 0 amide bonds. The molecule has 1 aliphatic rings. The zero-order valence-corrected chi connectivity index (χ0v) is 16.1. The normalized spacial score (nSPS) is 16.2. The highest BCUT2D eigenvalue weighted by Gasteiger charge is 2.19. The molecule has 3 aromatic rings. The lowest BCUT2D eigenvalue weighted by Crippen LogP contribution is -2.31. The maximum Gasteiger partial charge on any atom is 0.137 e. The van der Waals surface area contributed by atoms with Crippen molar-refractivity contribution in [1.82, 2.24) is 19.3 Å². The number of pyridine rings is 2. The number of halogens is 1. The van der Waals surface area contributed by atoms with Gasteiger partial charge in [0, 0.05) is 57.0 Å². The van der Waals surface area contributed by atoms with Gasteiger partial charge in [0.05, 0.1) is 16.4 Å². The molecule has 0 N–H and O–H groups in total. The Morgan fingerprint density at radius 3 is 2.81 bits per heavy atom. The van der Waals surface area contributed by atoms with Crippen molar-refractivity contribution in [3.63, 3.8) is 0 Å². The lowest BCUT2D eigenvalue weighted by molar-refractivity contribution is 0.280. The Morgan fingerprint density at radius 2 is 1.96 bits per heavy atom. The molecule has 4 rings (SSSR count). The van der Waals surface area contributed by atoms with E-state index in [2.05, 4.69) is 44.1 Å². The number of hydrogen-bond acceptors (Lipinski definition) is 4. The Hall–Kier alpha value is -2.11. The Morgan fingerprint density at radius 1 is 1.08 bits per heavy atom. The smallest absolute Gasteiger partial charge is 0.137 e. The maximum absolute atomic E-state index is 6.20. The standard InChI is InChI=1S/C20H24ClN5/c1-15-12-22-7-6-18(15)25-9-3-8-24(10-11-25)14-19-16(2)23-20-5-4-17(21)13-26(19)20/h4-7,12-13H,3,8-11,14H2,1-2H3. The van der Waals surface area contributed by atoms with Crippen molar-refractivity contribution in [1.29, 1.82) is 0 Å². The van der Waals surface area contributed by atoms with Gasteiger partial charge in [-0.3, -0.25) is 9.88 Å². The second kappa shape index (κ2) is 7.25. The number of imidazole rings is 1. The van der Waals surface area contributed by atoms with Gasteiger partial charge in [0.25, 0.3) is 0 Å². The van der Waals surface area contributed by atoms with Crippen molar-refractivity contribution < 1.29 is 0 Å². The van der Waals surface area contributed by atoms with Crippen LogP contribution >= 0.6 is 11.6 Å². The van der Waals surface area contributed by atoms with Crippen LogP contribution in [0.15, 0.2) is 36.8 Å². The summed E-state index contributed by atoms with van der Waals surface area (Å²) in [5.41, 5.74) is 5.83. The van der Waals surface area contributed by atoms with E-state index in [0.717, 1.165) is 55.5 Å². The molecule has 136 valence electrons. The fourth-order valence-corrected chi connectivity index (χ4v) is 3.94. The van der Waals surface area contributed by atoms with Crippen molar-refractivity contribution in [3.8, 4) is 0 Å². The van der Waals surface area contributed by atoms with Crippen LogP contribution in [0.3, 0.4) is 0 Å². The van der Waals surface area contributed by atoms with Crippen LogP contribution < -0.4 is 4.90 Å². The summed E-state index contributed by atoms with van der Waals surface area (Å²) < 4.78 is 2.13. The number of aryl methyl sites for hydroxylation is 2. The summed E-state index contributed by atoms with van der Waals surface area (Å²) in [6.07, 6.45) is 6.95. The summed E-state index contributed by atoms with van der Waals surface area (Å²) in [5.74, 6) is 0. The third-order valence-corrected chi connectivity index (χ3v) is 5.40. The summed E-state index contributed by atoms with van der Waals surface area (Å²) in [5, 5.41) is 0.742. The molecule has 0 radical (unpaired) electrons. The number of nitrogens with zero attached hydrogens (tertiary/aromatic N) is 5. The van der Waals surface area contributed by atoms with Gasteiger partial charge < -0.3 is 9.30 Å². The molecule has 3 aromatic heterocycles. The SMILES string of the molecule is Cc1cnccc1N1CCCN(Cc2c(C)nc3ccc(Cl)cn23)CC1. The second-order valence-corrected chi connectivity index (χ2v) is 7.43.